The smallest absolute Gasteiger partial charge is 0.281 e. The Morgan fingerprint density at radius 2 is 1.91 bits per heavy atom. The summed E-state index contributed by atoms with van der Waals surface area (Å²) in [5.41, 5.74) is 9.16. The zero-order valence-electron chi connectivity index (χ0n) is 18.2. The number of hydrazone groups is 1. The highest BCUT2D eigenvalue weighted by molar-refractivity contribution is 7.20. The van der Waals surface area contributed by atoms with Crippen molar-refractivity contribution in [3.63, 3.8) is 0 Å². The zero-order valence-corrected chi connectivity index (χ0v) is 19.0. The largest absolute Gasteiger partial charge is 0.318 e. The van der Waals surface area contributed by atoms with Crippen molar-refractivity contribution in [3.05, 3.63) is 91.6 Å². The first kappa shape index (κ1) is 21.5. The van der Waals surface area contributed by atoms with Crippen LogP contribution >= 0.6 is 11.3 Å². The van der Waals surface area contributed by atoms with E-state index in [-0.39, 0.29) is 11.6 Å². The number of hydrogen-bond donors (Lipinski definition) is 1. The highest BCUT2D eigenvalue weighted by Gasteiger charge is 2.14. The predicted molar refractivity (Wildman–Crippen MR) is 128 cm³/mol. The Morgan fingerprint density at radius 3 is 2.66 bits per heavy atom. The summed E-state index contributed by atoms with van der Waals surface area (Å²) >= 11 is 1.27. The summed E-state index contributed by atoms with van der Waals surface area (Å²) in [7, 11) is 0. The number of nitrogens with zero attached hydrogens (tertiary/aromatic N) is 3. The molecule has 2 aromatic heterocycles. The van der Waals surface area contributed by atoms with Crippen LogP contribution in [0.15, 0.2) is 53.6 Å². The molecule has 0 spiro atoms. The van der Waals surface area contributed by atoms with Gasteiger partial charge in [-0.25, -0.2) is 5.43 Å². The minimum Gasteiger partial charge on any atom is -0.318 e. The molecule has 0 aliphatic rings. The van der Waals surface area contributed by atoms with E-state index in [1.54, 1.807) is 18.3 Å². The van der Waals surface area contributed by atoms with Crippen LogP contribution in [0.1, 0.15) is 37.7 Å². The molecule has 2 heterocycles. The summed E-state index contributed by atoms with van der Waals surface area (Å²) in [6.07, 6.45) is 1.64. The average Bonchev–Trinajstić information content (AvgIpc) is 3.30. The Morgan fingerprint density at radius 1 is 1.12 bits per heavy atom. The summed E-state index contributed by atoms with van der Waals surface area (Å²) < 4.78 is 2.99. The second kappa shape index (κ2) is 8.39. The second-order valence-corrected chi connectivity index (χ2v) is 8.75. The molecule has 1 amide bonds. The van der Waals surface area contributed by atoms with Gasteiger partial charge in [-0.1, -0.05) is 12.1 Å². The lowest BCUT2D eigenvalue weighted by atomic mass is 10.1. The van der Waals surface area contributed by atoms with Gasteiger partial charge in [0.1, 0.15) is 0 Å². The summed E-state index contributed by atoms with van der Waals surface area (Å²) in [4.78, 5) is 23.5. The third-order valence-electron chi connectivity index (χ3n) is 5.59. The molecule has 4 rings (SSSR count). The highest BCUT2D eigenvalue weighted by Crippen LogP contribution is 2.29. The van der Waals surface area contributed by atoms with Gasteiger partial charge >= 0.3 is 0 Å². The highest BCUT2D eigenvalue weighted by atomic mass is 32.1. The number of nitro groups is 1. The molecule has 0 atom stereocenters. The van der Waals surface area contributed by atoms with Gasteiger partial charge in [-0.05, 0) is 63.1 Å². The third kappa shape index (κ3) is 3.92. The summed E-state index contributed by atoms with van der Waals surface area (Å²) in [5.74, 6) is -0.353. The minimum absolute atomic E-state index is 0.000479. The number of benzene rings is 2. The number of fused-ring (bicyclic) bond motifs is 1. The molecule has 32 heavy (non-hydrogen) atoms. The van der Waals surface area contributed by atoms with Gasteiger partial charge in [-0.3, -0.25) is 14.9 Å². The van der Waals surface area contributed by atoms with Crippen molar-refractivity contribution in [2.45, 2.75) is 27.7 Å². The van der Waals surface area contributed by atoms with E-state index in [0.717, 1.165) is 27.3 Å². The Hall–Kier alpha value is -3.78. The monoisotopic (exact) mass is 446 g/mol. The number of aryl methyl sites for hydroxylation is 2. The fraction of sp³-hybridized carbons (Fsp3) is 0.167. The van der Waals surface area contributed by atoms with Crippen LogP contribution in [-0.4, -0.2) is 21.6 Å². The number of carbonyl (C=O) groups excluding carboxylic acids is 1. The molecule has 0 saturated heterocycles. The van der Waals surface area contributed by atoms with Gasteiger partial charge in [0.05, 0.1) is 16.0 Å². The quantitative estimate of drug-likeness (QED) is 0.246. The molecule has 0 fully saturated rings. The van der Waals surface area contributed by atoms with Crippen LogP contribution < -0.4 is 5.43 Å². The third-order valence-corrected chi connectivity index (χ3v) is 6.71. The Kier molecular flexibility index (Phi) is 5.63. The van der Waals surface area contributed by atoms with Gasteiger partial charge < -0.3 is 4.57 Å². The summed E-state index contributed by atoms with van der Waals surface area (Å²) in [6, 6.07) is 14.5. The Balaban J connectivity index is 1.54. The van der Waals surface area contributed by atoms with E-state index < -0.39 is 4.92 Å². The number of hydrogen-bond acceptors (Lipinski definition) is 5. The van der Waals surface area contributed by atoms with E-state index in [0.29, 0.717) is 10.3 Å². The van der Waals surface area contributed by atoms with Crippen LogP contribution in [0.5, 0.6) is 0 Å². The van der Waals surface area contributed by atoms with E-state index in [9.17, 15) is 14.9 Å². The van der Waals surface area contributed by atoms with Gasteiger partial charge in [0.2, 0.25) is 0 Å². The fourth-order valence-corrected chi connectivity index (χ4v) is 4.67. The van der Waals surface area contributed by atoms with Crippen LogP contribution in [-0.2, 0) is 0 Å². The van der Waals surface area contributed by atoms with Crippen molar-refractivity contribution in [2.24, 2.45) is 5.10 Å². The number of nitro benzene ring substituents is 1. The molecule has 1 N–H and O–H groups in total. The molecule has 0 bridgehead atoms. The average molecular weight is 447 g/mol. The number of thiophene rings is 1. The summed E-state index contributed by atoms with van der Waals surface area (Å²) in [5, 5.41) is 15.8. The first-order chi connectivity index (χ1) is 15.3. The van der Waals surface area contributed by atoms with Crippen molar-refractivity contribution in [1.29, 1.82) is 0 Å². The fourth-order valence-electron chi connectivity index (χ4n) is 3.74. The zero-order chi connectivity index (χ0) is 23.0. The van der Waals surface area contributed by atoms with Crippen LogP contribution in [0.25, 0.3) is 15.8 Å². The van der Waals surface area contributed by atoms with Crippen molar-refractivity contribution in [3.8, 4) is 5.69 Å². The normalized spacial score (nSPS) is 11.4. The minimum atomic E-state index is -0.449. The molecule has 2 aromatic carbocycles. The number of aromatic nitrogens is 1. The van der Waals surface area contributed by atoms with E-state index in [1.807, 2.05) is 26.0 Å². The van der Waals surface area contributed by atoms with Gasteiger partial charge in [0.25, 0.3) is 11.6 Å². The van der Waals surface area contributed by atoms with E-state index in [1.165, 1.54) is 34.6 Å². The topological polar surface area (TPSA) is 89.5 Å². The lowest BCUT2D eigenvalue weighted by molar-refractivity contribution is -0.384. The molecule has 0 aliphatic heterocycles. The number of rotatable bonds is 5. The van der Waals surface area contributed by atoms with Crippen LogP contribution in [0.2, 0.25) is 0 Å². The molecule has 8 heteroatoms. The van der Waals surface area contributed by atoms with Gasteiger partial charge in [-0.15, -0.1) is 11.3 Å². The van der Waals surface area contributed by atoms with E-state index in [2.05, 4.69) is 41.1 Å². The van der Waals surface area contributed by atoms with Crippen molar-refractivity contribution < 1.29 is 9.72 Å². The number of carbonyl (C=O) groups is 1. The van der Waals surface area contributed by atoms with Gasteiger partial charge in [-0.2, -0.15) is 5.10 Å². The molecular formula is C24H22N4O3S. The molecule has 0 aliphatic carbocycles. The summed E-state index contributed by atoms with van der Waals surface area (Å²) in [6.45, 7) is 8.27. The Labute approximate surface area is 189 Å². The maximum atomic E-state index is 12.5. The van der Waals surface area contributed by atoms with E-state index >= 15 is 0 Å². The number of nitrogens with one attached hydrogen (secondary N) is 1. The standard InChI is InChI=1S/C24H22N4O3S/c1-14-6-5-7-21(16(14)3)27-15(2)10-19(17(27)4)13-25-26-24(29)23-12-18-11-20(28(30)31)8-9-22(18)32-23/h5-13H,1-4H3,(H,26,29). The molecule has 0 saturated carbocycles. The first-order valence-corrected chi connectivity index (χ1v) is 10.8. The number of non-ortho nitro benzene ring substituents is 1. The van der Waals surface area contributed by atoms with Gasteiger partial charge in [0, 0.05) is 44.9 Å². The molecular weight excluding hydrogens is 424 g/mol. The number of amides is 1. The molecule has 7 nitrogen and oxygen atoms in total. The lowest BCUT2D eigenvalue weighted by Crippen LogP contribution is -2.16. The van der Waals surface area contributed by atoms with Crippen LogP contribution in [0, 0.1) is 37.8 Å². The van der Waals surface area contributed by atoms with Crippen LogP contribution in [0.4, 0.5) is 5.69 Å². The molecule has 162 valence electrons. The van der Waals surface area contributed by atoms with Crippen molar-refractivity contribution in [1.82, 2.24) is 9.99 Å². The SMILES string of the molecule is Cc1cccc(-n2c(C)cc(C=NNC(=O)c3cc4cc([N+](=O)[O-])ccc4s3)c2C)c1C. The second-order valence-electron chi connectivity index (χ2n) is 7.67. The predicted octanol–water partition coefficient (Wildman–Crippen LogP) is 5.60. The molecule has 0 unspecified atom stereocenters. The van der Waals surface area contributed by atoms with Crippen molar-refractivity contribution in [2.75, 3.05) is 0 Å². The molecule has 4 aromatic rings. The maximum absolute atomic E-state index is 12.5. The Bertz CT molecular complexity index is 1400. The van der Waals surface area contributed by atoms with Gasteiger partial charge in [0.15, 0.2) is 0 Å². The molecule has 0 radical (unpaired) electrons. The van der Waals surface area contributed by atoms with Crippen molar-refractivity contribution >= 4 is 39.2 Å². The van der Waals surface area contributed by atoms with Crippen LogP contribution in [0.3, 0.4) is 0 Å². The first-order valence-electron chi connectivity index (χ1n) is 10.0. The maximum Gasteiger partial charge on any atom is 0.281 e. The lowest BCUT2D eigenvalue weighted by Gasteiger charge is -2.14. The van der Waals surface area contributed by atoms with E-state index in [4.69, 9.17) is 0 Å².